The highest BCUT2D eigenvalue weighted by Gasteiger charge is 2.22. The summed E-state index contributed by atoms with van der Waals surface area (Å²) in [5, 5.41) is 13.9. The van der Waals surface area contributed by atoms with Gasteiger partial charge in [-0.1, -0.05) is 12.1 Å². The van der Waals surface area contributed by atoms with Gasteiger partial charge in [0.1, 0.15) is 16.8 Å². The van der Waals surface area contributed by atoms with Crippen LogP contribution in [0.15, 0.2) is 53.9 Å². The molecule has 1 aromatic heterocycles. The predicted molar refractivity (Wildman–Crippen MR) is 109 cm³/mol. The number of nitriles is 1. The molecule has 0 bridgehead atoms. The van der Waals surface area contributed by atoms with Gasteiger partial charge in [-0.15, -0.1) is 11.3 Å². The molecule has 2 aromatic carbocycles. The molecule has 0 saturated heterocycles. The third kappa shape index (κ3) is 4.78. The van der Waals surface area contributed by atoms with Crippen molar-refractivity contribution >= 4 is 28.9 Å². The lowest BCUT2D eigenvalue weighted by molar-refractivity contribution is -0.123. The second-order valence-corrected chi connectivity index (χ2v) is 6.82. The Labute approximate surface area is 171 Å². The number of hydrogen-bond donors (Lipinski definition) is 1. The summed E-state index contributed by atoms with van der Waals surface area (Å²) in [5.41, 5.74) is 1.65. The fraction of sp³-hybridized carbons (Fsp3) is 0.143. The summed E-state index contributed by atoms with van der Waals surface area (Å²) in [6, 6.07) is 15.9. The fourth-order valence-corrected chi connectivity index (χ4v) is 3.23. The first-order valence-electron chi connectivity index (χ1n) is 8.62. The molecule has 0 unspecified atom stereocenters. The molecule has 0 spiro atoms. The van der Waals surface area contributed by atoms with Crippen LogP contribution >= 0.6 is 11.3 Å². The first kappa shape index (κ1) is 20.0. The van der Waals surface area contributed by atoms with E-state index >= 15 is 0 Å². The van der Waals surface area contributed by atoms with E-state index in [1.807, 2.05) is 18.2 Å². The van der Waals surface area contributed by atoms with Crippen molar-refractivity contribution in [2.24, 2.45) is 0 Å². The van der Waals surface area contributed by atoms with E-state index in [2.05, 4.69) is 10.3 Å². The number of nitrogens with one attached hydrogen (secondary N) is 1. The zero-order valence-electron chi connectivity index (χ0n) is 15.7. The topological polar surface area (TPSA) is 101 Å². The van der Waals surface area contributed by atoms with E-state index < -0.39 is 18.0 Å². The molecular weight excluding hydrogens is 390 g/mol. The van der Waals surface area contributed by atoms with Gasteiger partial charge in [0.15, 0.2) is 11.8 Å². The maximum atomic E-state index is 12.3. The van der Waals surface area contributed by atoms with Crippen LogP contribution in [0, 0.1) is 11.3 Å². The number of benzene rings is 2. The molecule has 0 aliphatic rings. The zero-order chi connectivity index (χ0) is 20.8. The molecule has 1 amide bonds. The lowest BCUT2D eigenvalue weighted by Crippen LogP contribution is -2.30. The maximum Gasteiger partial charge on any atom is 0.358 e. The number of nitrogens with zero attached hydrogens (tertiary/aromatic N) is 2. The molecule has 1 N–H and O–H groups in total. The van der Waals surface area contributed by atoms with Crippen molar-refractivity contribution in [3.05, 3.63) is 65.2 Å². The van der Waals surface area contributed by atoms with Crippen LogP contribution in [-0.4, -0.2) is 30.1 Å². The molecular formula is C21H17N3O4S. The molecule has 29 heavy (non-hydrogen) atoms. The van der Waals surface area contributed by atoms with Crippen LogP contribution in [-0.2, 0) is 9.53 Å². The Morgan fingerprint density at radius 2 is 1.90 bits per heavy atom. The third-order valence-corrected chi connectivity index (χ3v) is 4.90. The molecule has 8 heteroatoms. The maximum absolute atomic E-state index is 12.3. The number of carbonyl (C=O) groups excluding carboxylic acids is 2. The first-order valence-corrected chi connectivity index (χ1v) is 9.50. The summed E-state index contributed by atoms with van der Waals surface area (Å²) >= 11 is 1.30. The molecule has 0 aliphatic carbocycles. The summed E-state index contributed by atoms with van der Waals surface area (Å²) in [7, 11) is 1.59. The Hall–Kier alpha value is -3.70. The van der Waals surface area contributed by atoms with E-state index in [4.69, 9.17) is 14.7 Å². The molecule has 0 saturated carbocycles. The molecule has 0 aliphatic heterocycles. The zero-order valence-corrected chi connectivity index (χ0v) is 16.5. The van der Waals surface area contributed by atoms with E-state index in [-0.39, 0.29) is 5.69 Å². The SMILES string of the molecule is COc1ccc(-c2nc(C(=O)O[C@@H](C)C(=O)Nc3ccccc3C#N)cs2)cc1. The number of thiazole rings is 1. The molecule has 1 heterocycles. The first-order chi connectivity index (χ1) is 14.0. The number of anilines is 1. The van der Waals surface area contributed by atoms with Gasteiger partial charge in [0.25, 0.3) is 5.91 Å². The quantitative estimate of drug-likeness (QED) is 0.623. The van der Waals surface area contributed by atoms with Gasteiger partial charge in [-0.3, -0.25) is 4.79 Å². The largest absolute Gasteiger partial charge is 0.497 e. The van der Waals surface area contributed by atoms with Crippen LogP contribution in [0.2, 0.25) is 0 Å². The lowest BCUT2D eigenvalue weighted by Gasteiger charge is -2.13. The van der Waals surface area contributed by atoms with E-state index in [1.165, 1.54) is 18.3 Å². The Morgan fingerprint density at radius 1 is 1.17 bits per heavy atom. The number of para-hydroxylation sites is 1. The van der Waals surface area contributed by atoms with Crippen molar-refractivity contribution in [2.75, 3.05) is 12.4 Å². The Balaban J connectivity index is 1.64. The summed E-state index contributed by atoms with van der Waals surface area (Å²) < 4.78 is 10.3. The van der Waals surface area contributed by atoms with Gasteiger partial charge in [0, 0.05) is 10.9 Å². The van der Waals surface area contributed by atoms with Gasteiger partial charge in [-0.25, -0.2) is 9.78 Å². The highest BCUT2D eigenvalue weighted by molar-refractivity contribution is 7.13. The predicted octanol–water partition coefficient (Wildman–Crippen LogP) is 3.87. The number of rotatable bonds is 6. The molecule has 7 nitrogen and oxygen atoms in total. The van der Waals surface area contributed by atoms with Gasteiger partial charge >= 0.3 is 5.97 Å². The third-order valence-electron chi connectivity index (χ3n) is 4.01. The summed E-state index contributed by atoms with van der Waals surface area (Å²) in [4.78, 5) is 28.9. The van der Waals surface area contributed by atoms with Crippen molar-refractivity contribution in [3.63, 3.8) is 0 Å². The van der Waals surface area contributed by atoms with E-state index in [0.29, 0.717) is 16.3 Å². The number of amides is 1. The summed E-state index contributed by atoms with van der Waals surface area (Å²) in [6.45, 7) is 1.46. The average Bonchev–Trinajstić information content (AvgIpc) is 3.24. The van der Waals surface area contributed by atoms with Crippen molar-refractivity contribution in [1.82, 2.24) is 4.98 Å². The second kappa shape index (κ2) is 8.99. The molecule has 1 atom stereocenters. The molecule has 3 rings (SSSR count). The highest BCUT2D eigenvalue weighted by Crippen LogP contribution is 2.26. The fourth-order valence-electron chi connectivity index (χ4n) is 2.43. The van der Waals surface area contributed by atoms with Crippen LogP contribution in [0.25, 0.3) is 10.6 Å². The number of hydrogen-bond acceptors (Lipinski definition) is 7. The van der Waals surface area contributed by atoms with E-state index in [9.17, 15) is 9.59 Å². The van der Waals surface area contributed by atoms with Gasteiger partial charge in [-0.2, -0.15) is 5.26 Å². The number of esters is 1. The minimum atomic E-state index is -1.06. The smallest absolute Gasteiger partial charge is 0.358 e. The van der Waals surface area contributed by atoms with Crippen LogP contribution < -0.4 is 10.1 Å². The van der Waals surface area contributed by atoms with Crippen LogP contribution in [0.1, 0.15) is 23.0 Å². The lowest BCUT2D eigenvalue weighted by atomic mass is 10.2. The Bertz CT molecular complexity index is 1070. The van der Waals surface area contributed by atoms with Crippen molar-refractivity contribution in [3.8, 4) is 22.4 Å². The van der Waals surface area contributed by atoms with Crippen molar-refractivity contribution < 1.29 is 19.1 Å². The summed E-state index contributed by atoms with van der Waals surface area (Å²) in [5.74, 6) is -0.508. The molecule has 0 radical (unpaired) electrons. The minimum Gasteiger partial charge on any atom is -0.497 e. The molecule has 3 aromatic rings. The number of methoxy groups -OCH3 is 1. The minimum absolute atomic E-state index is 0.123. The summed E-state index contributed by atoms with van der Waals surface area (Å²) in [6.07, 6.45) is -1.06. The highest BCUT2D eigenvalue weighted by atomic mass is 32.1. The average molecular weight is 407 g/mol. The van der Waals surface area contributed by atoms with Crippen LogP contribution in [0.3, 0.4) is 0 Å². The molecule has 0 fully saturated rings. The Morgan fingerprint density at radius 3 is 2.59 bits per heavy atom. The molecule has 146 valence electrons. The Kier molecular flexibility index (Phi) is 6.22. The van der Waals surface area contributed by atoms with Gasteiger partial charge in [0.05, 0.1) is 18.4 Å². The number of aromatic nitrogens is 1. The normalized spacial score (nSPS) is 11.2. The monoisotopic (exact) mass is 407 g/mol. The van der Waals surface area contributed by atoms with E-state index in [0.717, 1.165) is 11.3 Å². The van der Waals surface area contributed by atoms with Crippen molar-refractivity contribution in [2.45, 2.75) is 13.0 Å². The number of carbonyl (C=O) groups is 2. The van der Waals surface area contributed by atoms with E-state index in [1.54, 1.807) is 48.9 Å². The standard InChI is InChI=1S/C21H17N3O4S/c1-13(19(25)23-17-6-4-3-5-15(17)11-22)28-21(26)18-12-29-20(24-18)14-7-9-16(27-2)10-8-14/h3-10,12-13H,1-2H3,(H,23,25)/t13-/m0/s1. The van der Waals surface area contributed by atoms with Crippen molar-refractivity contribution in [1.29, 1.82) is 5.26 Å². The number of ether oxygens (including phenoxy) is 2. The van der Waals surface area contributed by atoms with Gasteiger partial charge in [0.2, 0.25) is 0 Å². The second-order valence-electron chi connectivity index (χ2n) is 5.96. The van der Waals surface area contributed by atoms with Gasteiger partial charge < -0.3 is 14.8 Å². The van der Waals surface area contributed by atoms with Crippen LogP contribution in [0.5, 0.6) is 5.75 Å². The van der Waals surface area contributed by atoms with Crippen LogP contribution in [0.4, 0.5) is 5.69 Å². The van der Waals surface area contributed by atoms with Gasteiger partial charge in [-0.05, 0) is 43.3 Å².